The molecule has 0 atom stereocenters. The van der Waals surface area contributed by atoms with Crippen LogP contribution in [0.5, 0.6) is 0 Å². The van der Waals surface area contributed by atoms with Crippen molar-refractivity contribution in [1.29, 1.82) is 0 Å². The number of rotatable bonds is 1. The van der Waals surface area contributed by atoms with E-state index in [1.807, 2.05) is 24.3 Å². The smallest absolute Gasteiger partial charge is 0.169 e. The van der Waals surface area contributed by atoms with Crippen LogP contribution >= 0.6 is 0 Å². The Labute approximate surface area is 98.8 Å². The van der Waals surface area contributed by atoms with Crippen LogP contribution in [0.25, 0.3) is 22.2 Å². The van der Waals surface area contributed by atoms with E-state index < -0.39 is 0 Å². The second kappa shape index (κ2) is 3.63. The Bertz CT molecular complexity index is 686. The Balaban J connectivity index is 2.24. The van der Waals surface area contributed by atoms with E-state index in [-0.39, 0.29) is 0 Å². The van der Waals surface area contributed by atoms with Gasteiger partial charge in [0.05, 0.1) is 0 Å². The van der Waals surface area contributed by atoms with Crippen molar-refractivity contribution in [2.45, 2.75) is 6.92 Å². The van der Waals surface area contributed by atoms with E-state index in [0.29, 0.717) is 5.69 Å². The molecule has 17 heavy (non-hydrogen) atoms. The molecule has 0 saturated carbocycles. The van der Waals surface area contributed by atoms with Gasteiger partial charge in [-0.15, -0.1) is 0 Å². The monoisotopic (exact) mass is 224 g/mol. The number of nitrogen functional groups attached to an aromatic ring is 1. The van der Waals surface area contributed by atoms with E-state index in [9.17, 15) is 0 Å². The highest BCUT2D eigenvalue weighted by atomic mass is 16.5. The van der Waals surface area contributed by atoms with Gasteiger partial charge in [0.15, 0.2) is 5.58 Å². The molecule has 0 aliphatic carbocycles. The van der Waals surface area contributed by atoms with Gasteiger partial charge in [-0.2, -0.15) is 0 Å². The number of hydrogen-bond acceptors (Lipinski definition) is 3. The first-order chi connectivity index (χ1) is 8.24. The highest BCUT2D eigenvalue weighted by molar-refractivity contribution is 5.92. The maximum atomic E-state index is 5.71. The molecule has 0 amide bonds. The lowest BCUT2D eigenvalue weighted by Crippen LogP contribution is -1.83. The van der Waals surface area contributed by atoms with Gasteiger partial charge in [0.1, 0.15) is 5.69 Å². The number of hydrogen-bond donors (Lipinski definition) is 1. The third-order valence-electron chi connectivity index (χ3n) is 2.79. The van der Waals surface area contributed by atoms with Crippen LogP contribution in [0, 0.1) is 6.92 Å². The van der Waals surface area contributed by atoms with Gasteiger partial charge in [0, 0.05) is 22.7 Å². The molecular formula is C14H12N2O. The summed E-state index contributed by atoms with van der Waals surface area (Å²) >= 11 is 0. The van der Waals surface area contributed by atoms with Crippen LogP contribution in [0.1, 0.15) is 5.56 Å². The zero-order valence-corrected chi connectivity index (χ0v) is 9.47. The average molecular weight is 224 g/mol. The lowest BCUT2D eigenvalue weighted by Gasteiger charge is -1.98. The first-order valence-electron chi connectivity index (χ1n) is 5.46. The fraction of sp³-hybridized carbons (Fsp3) is 0.0714. The standard InChI is InChI=1S/C14H12N2O/c1-9-3-2-4-10(7-9)14-12-6-5-11(15)8-13(12)17-16-14/h2-8H,15H2,1H3. The first-order valence-corrected chi connectivity index (χ1v) is 5.46. The summed E-state index contributed by atoms with van der Waals surface area (Å²) in [7, 11) is 0. The van der Waals surface area contributed by atoms with E-state index in [1.54, 1.807) is 6.07 Å². The van der Waals surface area contributed by atoms with Gasteiger partial charge in [-0.1, -0.05) is 28.9 Å². The van der Waals surface area contributed by atoms with Crippen LogP contribution in [0.4, 0.5) is 5.69 Å². The molecule has 1 heterocycles. The fourth-order valence-electron chi connectivity index (χ4n) is 1.95. The summed E-state index contributed by atoms with van der Waals surface area (Å²) in [5.74, 6) is 0. The van der Waals surface area contributed by atoms with Gasteiger partial charge in [-0.05, 0) is 25.1 Å². The van der Waals surface area contributed by atoms with Crippen molar-refractivity contribution < 1.29 is 4.52 Å². The van der Waals surface area contributed by atoms with Gasteiger partial charge < -0.3 is 10.3 Å². The molecule has 2 aromatic carbocycles. The molecule has 0 spiro atoms. The Morgan fingerprint density at radius 2 is 2.00 bits per heavy atom. The number of aromatic nitrogens is 1. The van der Waals surface area contributed by atoms with Crippen molar-refractivity contribution in [2.75, 3.05) is 5.73 Å². The predicted octanol–water partition coefficient (Wildman–Crippen LogP) is 3.39. The summed E-state index contributed by atoms with van der Waals surface area (Å²) in [5, 5.41) is 5.11. The average Bonchev–Trinajstić information content (AvgIpc) is 2.71. The van der Waals surface area contributed by atoms with Crippen LogP contribution in [-0.4, -0.2) is 5.16 Å². The summed E-state index contributed by atoms with van der Waals surface area (Å²) in [6.45, 7) is 2.06. The molecule has 0 aliphatic heterocycles. The quantitative estimate of drug-likeness (QED) is 0.644. The van der Waals surface area contributed by atoms with Crippen molar-refractivity contribution in [3.63, 3.8) is 0 Å². The van der Waals surface area contributed by atoms with Crippen molar-refractivity contribution >= 4 is 16.7 Å². The SMILES string of the molecule is Cc1cccc(-c2noc3cc(N)ccc23)c1. The van der Waals surface area contributed by atoms with E-state index >= 15 is 0 Å². The normalized spacial score (nSPS) is 10.9. The summed E-state index contributed by atoms with van der Waals surface area (Å²) in [4.78, 5) is 0. The zero-order valence-electron chi connectivity index (χ0n) is 9.47. The Hall–Kier alpha value is -2.29. The highest BCUT2D eigenvalue weighted by Gasteiger charge is 2.10. The van der Waals surface area contributed by atoms with Gasteiger partial charge in [0.2, 0.25) is 0 Å². The minimum atomic E-state index is 0.685. The molecule has 3 heteroatoms. The molecule has 0 unspecified atom stereocenters. The summed E-state index contributed by atoms with van der Waals surface area (Å²) in [6.07, 6.45) is 0. The molecule has 3 nitrogen and oxygen atoms in total. The van der Waals surface area contributed by atoms with Gasteiger partial charge in [-0.25, -0.2) is 0 Å². The first kappa shape index (κ1) is 9.90. The topological polar surface area (TPSA) is 52.0 Å². The summed E-state index contributed by atoms with van der Waals surface area (Å²) in [6, 6.07) is 13.8. The molecule has 0 bridgehead atoms. The van der Waals surface area contributed by atoms with Crippen molar-refractivity contribution in [2.24, 2.45) is 0 Å². The predicted molar refractivity (Wildman–Crippen MR) is 68.6 cm³/mol. The number of nitrogens with zero attached hydrogens (tertiary/aromatic N) is 1. The van der Waals surface area contributed by atoms with Crippen LogP contribution in [0.15, 0.2) is 47.0 Å². The van der Waals surface area contributed by atoms with Crippen molar-refractivity contribution in [1.82, 2.24) is 5.16 Å². The summed E-state index contributed by atoms with van der Waals surface area (Å²) in [5.41, 5.74) is 10.2. The zero-order chi connectivity index (χ0) is 11.8. The lowest BCUT2D eigenvalue weighted by molar-refractivity contribution is 0.459. The third-order valence-corrected chi connectivity index (χ3v) is 2.79. The van der Waals surface area contributed by atoms with Crippen LogP contribution in [0.3, 0.4) is 0 Å². The van der Waals surface area contributed by atoms with E-state index in [2.05, 4.69) is 24.2 Å². The summed E-state index contributed by atoms with van der Waals surface area (Å²) < 4.78 is 5.29. The number of aryl methyl sites for hydroxylation is 1. The lowest BCUT2D eigenvalue weighted by atomic mass is 10.1. The maximum Gasteiger partial charge on any atom is 0.169 e. The molecule has 3 aromatic rings. The minimum Gasteiger partial charge on any atom is -0.399 e. The van der Waals surface area contributed by atoms with Gasteiger partial charge in [-0.3, -0.25) is 0 Å². The highest BCUT2D eigenvalue weighted by Crippen LogP contribution is 2.29. The molecule has 0 fully saturated rings. The third kappa shape index (κ3) is 1.65. The molecule has 0 aliphatic rings. The number of fused-ring (bicyclic) bond motifs is 1. The molecule has 3 rings (SSSR count). The Morgan fingerprint density at radius 3 is 2.82 bits per heavy atom. The van der Waals surface area contributed by atoms with Crippen LogP contribution in [0.2, 0.25) is 0 Å². The number of benzene rings is 2. The van der Waals surface area contributed by atoms with Crippen molar-refractivity contribution in [3.8, 4) is 11.3 Å². The second-order valence-electron chi connectivity index (χ2n) is 4.16. The number of nitrogens with two attached hydrogens (primary N) is 1. The molecule has 0 radical (unpaired) electrons. The minimum absolute atomic E-state index is 0.685. The van der Waals surface area contributed by atoms with Crippen molar-refractivity contribution in [3.05, 3.63) is 48.0 Å². The maximum absolute atomic E-state index is 5.71. The van der Waals surface area contributed by atoms with Crippen LogP contribution in [-0.2, 0) is 0 Å². The van der Waals surface area contributed by atoms with E-state index in [1.165, 1.54) is 5.56 Å². The van der Waals surface area contributed by atoms with E-state index in [0.717, 1.165) is 22.2 Å². The molecule has 1 aromatic heterocycles. The van der Waals surface area contributed by atoms with Gasteiger partial charge in [0.25, 0.3) is 0 Å². The molecule has 84 valence electrons. The van der Waals surface area contributed by atoms with Crippen LogP contribution < -0.4 is 5.73 Å². The molecule has 0 saturated heterocycles. The Kier molecular flexibility index (Phi) is 2.11. The fourth-order valence-corrected chi connectivity index (χ4v) is 1.95. The largest absolute Gasteiger partial charge is 0.399 e. The number of anilines is 1. The van der Waals surface area contributed by atoms with Gasteiger partial charge >= 0.3 is 0 Å². The molecule has 2 N–H and O–H groups in total. The molecular weight excluding hydrogens is 212 g/mol. The van der Waals surface area contributed by atoms with E-state index in [4.69, 9.17) is 10.3 Å². The second-order valence-corrected chi connectivity index (χ2v) is 4.16. The Morgan fingerprint density at radius 1 is 1.12 bits per heavy atom.